The maximum Gasteiger partial charge on any atom is 0.312 e. The fourth-order valence-electron chi connectivity index (χ4n) is 5.61. The van der Waals surface area contributed by atoms with E-state index in [4.69, 9.17) is 19.9 Å². The summed E-state index contributed by atoms with van der Waals surface area (Å²) in [6, 6.07) is 5.57. The van der Waals surface area contributed by atoms with Crippen molar-refractivity contribution in [2.45, 2.75) is 104 Å². The topological polar surface area (TPSA) is 200 Å². The molecule has 0 fully saturated rings. The van der Waals surface area contributed by atoms with Crippen LogP contribution in [0.4, 0.5) is 4.79 Å². The van der Waals surface area contributed by atoms with E-state index in [9.17, 15) is 33.6 Å². The van der Waals surface area contributed by atoms with Gasteiger partial charge in [-0.05, 0) is 55.6 Å². The summed E-state index contributed by atoms with van der Waals surface area (Å²) in [5, 5.41) is 5.37. The first-order valence-corrected chi connectivity index (χ1v) is 18.7. The van der Waals surface area contributed by atoms with Crippen molar-refractivity contribution in [1.29, 1.82) is 0 Å². The SMILES string of the molecule is CCCOCCOCCCC(=O)OCc1ccc(CC(=O)[C@H](CCCNC(N)=O)NC(=O)[C@@H](CC(=O)CCCCCN2C(=O)C=CC2=O)C(C)C)cc1. The largest absolute Gasteiger partial charge is 0.461 e. The number of carbonyl (C=O) groups is 7. The quantitative estimate of drug-likeness (QED) is 0.0618. The molecule has 1 aliphatic rings. The van der Waals surface area contributed by atoms with Crippen molar-refractivity contribution in [2.24, 2.45) is 17.6 Å². The zero-order chi connectivity index (χ0) is 39.0. The van der Waals surface area contributed by atoms with Crippen molar-refractivity contribution in [1.82, 2.24) is 15.5 Å². The van der Waals surface area contributed by atoms with Crippen molar-refractivity contribution in [2.75, 3.05) is 39.5 Å². The van der Waals surface area contributed by atoms with Gasteiger partial charge in [0.15, 0.2) is 5.78 Å². The number of primary amides is 1. The second kappa shape index (κ2) is 25.5. The molecule has 0 bridgehead atoms. The molecular formula is C39H58N4O10. The van der Waals surface area contributed by atoms with E-state index in [0.29, 0.717) is 70.6 Å². The summed E-state index contributed by atoms with van der Waals surface area (Å²) >= 11 is 0. The summed E-state index contributed by atoms with van der Waals surface area (Å²) in [5.41, 5.74) is 6.65. The number of nitrogens with zero attached hydrogens (tertiary/aromatic N) is 1. The van der Waals surface area contributed by atoms with Gasteiger partial charge in [-0.25, -0.2) is 4.79 Å². The third-order valence-corrected chi connectivity index (χ3v) is 8.69. The van der Waals surface area contributed by atoms with Gasteiger partial charge in [0, 0.05) is 70.1 Å². The van der Waals surface area contributed by atoms with Crippen LogP contribution in [0.15, 0.2) is 36.4 Å². The van der Waals surface area contributed by atoms with Gasteiger partial charge in [0.2, 0.25) is 5.91 Å². The molecule has 5 amide bonds. The normalized spacial score (nSPS) is 13.6. The number of nitrogens with two attached hydrogens (primary N) is 1. The number of rotatable bonds is 29. The van der Waals surface area contributed by atoms with Crippen LogP contribution in [0.1, 0.15) is 96.1 Å². The van der Waals surface area contributed by atoms with Gasteiger partial charge < -0.3 is 30.6 Å². The molecule has 0 aromatic heterocycles. The number of unbranched alkanes of at least 4 members (excludes halogenated alkanes) is 2. The van der Waals surface area contributed by atoms with Gasteiger partial charge in [-0.15, -0.1) is 0 Å². The Balaban J connectivity index is 1.86. The minimum absolute atomic E-state index is 0.0228. The first kappa shape index (κ1) is 44.7. The van der Waals surface area contributed by atoms with Crippen molar-refractivity contribution in [3.05, 3.63) is 47.5 Å². The summed E-state index contributed by atoms with van der Waals surface area (Å²) in [6.07, 6.45) is 6.98. The Morgan fingerprint density at radius 1 is 0.811 bits per heavy atom. The number of nitrogens with one attached hydrogen (secondary N) is 2. The van der Waals surface area contributed by atoms with E-state index in [-0.39, 0.29) is 80.5 Å². The lowest BCUT2D eigenvalue weighted by Gasteiger charge is -2.24. The molecule has 0 saturated carbocycles. The monoisotopic (exact) mass is 742 g/mol. The number of amides is 5. The molecule has 0 saturated heterocycles. The highest BCUT2D eigenvalue weighted by Gasteiger charge is 2.29. The van der Waals surface area contributed by atoms with E-state index in [1.54, 1.807) is 24.3 Å². The smallest absolute Gasteiger partial charge is 0.312 e. The van der Waals surface area contributed by atoms with Crippen molar-refractivity contribution < 1.29 is 47.8 Å². The van der Waals surface area contributed by atoms with Gasteiger partial charge in [0.25, 0.3) is 11.8 Å². The van der Waals surface area contributed by atoms with E-state index in [1.165, 1.54) is 17.1 Å². The van der Waals surface area contributed by atoms with Crippen LogP contribution in [0.2, 0.25) is 0 Å². The average molecular weight is 743 g/mol. The first-order valence-electron chi connectivity index (χ1n) is 18.7. The predicted molar refractivity (Wildman–Crippen MR) is 197 cm³/mol. The van der Waals surface area contributed by atoms with Crippen molar-refractivity contribution in [3.8, 4) is 0 Å². The molecule has 1 aromatic carbocycles. The lowest BCUT2D eigenvalue weighted by atomic mass is 9.88. The number of hydrogen-bond acceptors (Lipinski definition) is 10. The van der Waals surface area contributed by atoms with Gasteiger partial charge in [0.05, 0.1) is 19.3 Å². The molecule has 14 heteroatoms. The molecule has 0 spiro atoms. The van der Waals surface area contributed by atoms with Gasteiger partial charge >= 0.3 is 12.0 Å². The fourth-order valence-corrected chi connectivity index (χ4v) is 5.61. The summed E-state index contributed by atoms with van der Waals surface area (Å²) in [4.78, 5) is 87.7. The summed E-state index contributed by atoms with van der Waals surface area (Å²) < 4.78 is 16.2. The molecule has 2 rings (SSSR count). The zero-order valence-corrected chi connectivity index (χ0v) is 31.5. The van der Waals surface area contributed by atoms with E-state index >= 15 is 0 Å². The van der Waals surface area contributed by atoms with Crippen LogP contribution in [0.3, 0.4) is 0 Å². The second-order valence-corrected chi connectivity index (χ2v) is 13.5. The first-order chi connectivity index (χ1) is 25.4. The van der Waals surface area contributed by atoms with E-state index in [1.807, 2.05) is 20.8 Å². The van der Waals surface area contributed by atoms with Crippen molar-refractivity contribution in [3.63, 3.8) is 0 Å². The molecule has 1 aliphatic heterocycles. The fraction of sp³-hybridized carbons (Fsp3) is 0.615. The Morgan fingerprint density at radius 2 is 1.47 bits per heavy atom. The zero-order valence-electron chi connectivity index (χ0n) is 31.5. The Labute approximate surface area is 312 Å². The van der Waals surface area contributed by atoms with E-state index < -0.39 is 23.9 Å². The second-order valence-electron chi connectivity index (χ2n) is 13.5. The van der Waals surface area contributed by atoms with Crippen LogP contribution in [-0.2, 0) is 56.0 Å². The lowest BCUT2D eigenvalue weighted by Crippen LogP contribution is -2.46. The molecule has 4 N–H and O–H groups in total. The Hall–Kier alpha value is -4.43. The van der Waals surface area contributed by atoms with E-state index in [0.717, 1.165) is 12.0 Å². The molecule has 0 unspecified atom stereocenters. The Morgan fingerprint density at radius 3 is 2.11 bits per heavy atom. The highest BCUT2D eigenvalue weighted by molar-refractivity contribution is 6.12. The number of urea groups is 1. The molecule has 0 radical (unpaired) electrons. The molecule has 1 heterocycles. The number of ether oxygens (including phenoxy) is 3. The van der Waals surface area contributed by atoms with Crippen LogP contribution in [0.5, 0.6) is 0 Å². The molecule has 0 aliphatic carbocycles. The van der Waals surface area contributed by atoms with Gasteiger partial charge in [-0.1, -0.05) is 51.5 Å². The Bertz CT molecular complexity index is 1360. The minimum atomic E-state index is -0.854. The maximum absolute atomic E-state index is 13.5. The maximum atomic E-state index is 13.5. The van der Waals surface area contributed by atoms with Gasteiger partial charge in [-0.2, -0.15) is 0 Å². The number of hydrogen-bond donors (Lipinski definition) is 3. The molecule has 14 nitrogen and oxygen atoms in total. The minimum Gasteiger partial charge on any atom is -0.461 e. The highest BCUT2D eigenvalue weighted by Crippen LogP contribution is 2.20. The summed E-state index contributed by atoms with van der Waals surface area (Å²) in [6.45, 7) is 8.52. The average Bonchev–Trinajstić information content (AvgIpc) is 3.44. The number of benzene rings is 1. The van der Waals surface area contributed by atoms with Crippen LogP contribution in [0.25, 0.3) is 0 Å². The van der Waals surface area contributed by atoms with Crippen LogP contribution in [0, 0.1) is 11.8 Å². The Kier molecular flexibility index (Phi) is 21.5. The molecule has 1 aromatic rings. The molecule has 2 atom stereocenters. The lowest BCUT2D eigenvalue weighted by molar-refractivity contribution is -0.145. The van der Waals surface area contributed by atoms with E-state index in [2.05, 4.69) is 10.6 Å². The standard InChI is InChI=1S/C39H58N4O10/c1-4-21-51-23-24-52-22-9-12-37(48)53-27-30-15-13-29(14-16-30)25-34(45)33(11-8-19-41-39(40)50)42-38(49)32(28(2)3)26-31(44)10-6-5-7-20-43-35(46)17-18-36(43)47/h13-18,28,32-33H,4-12,19-27H2,1-3H3,(H,42,49)(H3,40,41,50)/t32-,33-/m0/s1. The third-order valence-electron chi connectivity index (χ3n) is 8.69. The van der Waals surface area contributed by atoms with Crippen LogP contribution < -0.4 is 16.4 Å². The molecule has 53 heavy (non-hydrogen) atoms. The molecular weight excluding hydrogens is 684 g/mol. The van der Waals surface area contributed by atoms with Crippen LogP contribution in [-0.4, -0.2) is 91.7 Å². The number of ketones is 2. The summed E-state index contributed by atoms with van der Waals surface area (Å²) in [5.74, 6) is -2.50. The molecule has 294 valence electrons. The third kappa shape index (κ3) is 18.8. The van der Waals surface area contributed by atoms with Crippen LogP contribution >= 0.6 is 0 Å². The summed E-state index contributed by atoms with van der Waals surface area (Å²) in [7, 11) is 0. The van der Waals surface area contributed by atoms with Crippen molar-refractivity contribution >= 4 is 41.3 Å². The number of carbonyl (C=O) groups excluding carboxylic acids is 7. The predicted octanol–water partition coefficient (Wildman–Crippen LogP) is 3.71. The number of Topliss-reactive ketones (excluding diaryl/α,β-unsaturated/α-hetero) is 2. The number of esters is 1. The highest BCUT2D eigenvalue weighted by atomic mass is 16.5. The van der Waals surface area contributed by atoms with Gasteiger partial charge in [0.1, 0.15) is 12.4 Å². The van der Waals surface area contributed by atoms with Gasteiger partial charge in [-0.3, -0.25) is 33.7 Å². The number of imide groups is 1.